The third-order valence-corrected chi connectivity index (χ3v) is 8.78. The lowest BCUT2D eigenvalue weighted by Crippen LogP contribution is -2.54. The molecule has 0 aromatic heterocycles. The number of hydrogen-bond acceptors (Lipinski definition) is 4. The zero-order valence-electron chi connectivity index (χ0n) is 24.4. The largest absolute Gasteiger partial charge is 0.350 e. The van der Waals surface area contributed by atoms with Gasteiger partial charge in [-0.05, 0) is 68.7 Å². The highest BCUT2D eigenvalue weighted by atomic mass is 35.5. The van der Waals surface area contributed by atoms with Crippen LogP contribution in [0.3, 0.4) is 0 Å². The lowest BCUT2D eigenvalue weighted by Gasteiger charge is -2.34. The van der Waals surface area contributed by atoms with Gasteiger partial charge in [0.15, 0.2) is 0 Å². The number of carbonyl (C=O) groups is 2. The summed E-state index contributed by atoms with van der Waals surface area (Å²) >= 11 is 25.0. The molecule has 0 fully saturated rings. The number of rotatable bonds is 12. The lowest BCUT2D eigenvalue weighted by atomic mass is 10.00. The minimum Gasteiger partial charge on any atom is -0.350 e. The average Bonchev–Trinajstić information content (AvgIpc) is 2.90. The molecule has 3 aromatic rings. The molecular formula is C31H35Cl4N3O4S. The molecule has 0 unspecified atom stereocenters. The maximum atomic E-state index is 14.0. The third kappa shape index (κ3) is 10.6. The van der Waals surface area contributed by atoms with Crippen molar-refractivity contribution in [2.45, 2.75) is 58.2 Å². The standard InChI is InChI=1S/C31H35Cl4N3O4S/c1-31(2,3)36-30(40)28(17-21-9-6-5-7-10-21)37(20-22-12-13-23(32)18-26(22)35)29(39)11-8-16-38(43(4,41)42)27-19-24(33)14-15-25(27)34/h5-7,9-10,12-15,18-19,28H,8,11,16-17,20H2,1-4H3,(H,36,40)/t28-/m1/s1. The second-order valence-electron chi connectivity index (χ2n) is 11.2. The summed E-state index contributed by atoms with van der Waals surface area (Å²) in [6.07, 6.45) is 1.42. The van der Waals surface area contributed by atoms with Gasteiger partial charge < -0.3 is 10.2 Å². The second kappa shape index (κ2) is 15.0. The van der Waals surface area contributed by atoms with Crippen LogP contribution in [-0.4, -0.2) is 49.5 Å². The maximum Gasteiger partial charge on any atom is 0.243 e. The predicted octanol–water partition coefficient (Wildman–Crippen LogP) is 7.40. The summed E-state index contributed by atoms with van der Waals surface area (Å²) < 4.78 is 26.5. The fourth-order valence-corrected chi connectivity index (χ4v) is 6.37. The minimum absolute atomic E-state index is 0.0300. The van der Waals surface area contributed by atoms with Crippen molar-refractivity contribution in [1.29, 1.82) is 0 Å². The van der Waals surface area contributed by atoms with Crippen LogP contribution in [0.2, 0.25) is 20.1 Å². The highest BCUT2D eigenvalue weighted by Gasteiger charge is 2.33. The molecule has 232 valence electrons. The van der Waals surface area contributed by atoms with Gasteiger partial charge in [0.1, 0.15) is 6.04 Å². The first-order chi connectivity index (χ1) is 20.0. The summed E-state index contributed by atoms with van der Waals surface area (Å²) in [6, 6.07) is 18.1. The van der Waals surface area contributed by atoms with E-state index in [0.29, 0.717) is 20.6 Å². The van der Waals surface area contributed by atoms with Crippen LogP contribution in [0.4, 0.5) is 5.69 Å². The molecule has 0 aliphatic rings. The molecule has 0 aliphatic heterocycles. The van der Waals surface area contributed by atoms with Crippen LogP contribution in [0.15, 0.2) is 66.7 Å². The number of benzene rings is 3. The van der Waals surface area contributed by atoms with Crippen LogP contribution in [0.1, 0.15) is 44.7 Å². The molecule has 1 N–H and O–H groups in total. The van der Waals surface area contributed by atoms with E-state index in [4.69, 9.17) is 46.4 Å². The number of anilines is 1. The van der Waals surface area contributed by atoms with E-state index in [1.54, 1.807) is 24.3 Å². The molecule has 3 rings (SSSR count). The quantitative estimate of drug-likeness (QED) is 0.215. The maximum absolute atomic E-state index is 14.0. The Balaban J connectivity index is 1.95. The number of hydrogen-bond donors (Lipinski definition) is 1. The van der Waals surface area contributed by atoms with Crippen molar-refractivity contribution in [3.63, 3.8) is 0 Å². The highest BCUT2D eigenvalue weighted by Crippen LogP contribution is 2.31. The Morgan fingerprint density at radius 1 is 0.884 bits per heavy atom. The van der Waals surface area contributed by atoms with E-state index < -0.39 is 21.6 Å². The normalized spacial score (nSPS) is 12.5. The summed E-state index contributed by atoms with van der Waals surface area (Å²) in [6.45, 7) is 5.62. The number of nitrogens with one attached hydrogen (secondary N) is 1. The fourth-order valence-electron chi connectivity index (χ4n) is 4.50. The van der Waals surface area contributed by atoms with E-state index in [-0.39, 0.29) is 54.9 Å². The topological polar surface area (TPSA) is 86.8 Å². The smallest absolute Gasteiger partial charge is 0.243 e. The number of sulfonamides is 1. The van der Waals surface area contributed by atoms with E-state index in [2.05, 4.69) is 5.32 Å². The summed E-state index contributed by atoms with van der Waals surface area (Å²) in [5.41, 5.74) is 1.16. The third-order valence-electron chi connectivity index (χ3n) is 6.45. The molecule has 1 atom stereocenters. The molecule has 12 heteroatoms. The molecule has 0 heterocycles. The Morgan fingerprint density at radius 2 is 1.51 bits per heavy atom. The minimum atomic E-state index is -3.75. The fraction of sp³-hybridized carbons (Fsp3) is 0.355. The van der Waals surface area contributed by atoms with Crippen molar-refractivity contribution in [3.05, 3.63) is 97.9 Å². The van der Waals surface area contributed by atoms with Crippen LogP contribution in [-0.2, 0) is 32.6 Å². The number of nitrogens with zero attached hydrogens (tertiary/aromatic N) is 2. The van der Waals surface area contributed by atoms with Gasteiger partial charge in [0.25, 0.3) is 0 Å². The van der Waals surface area contributed by atoms with Crippen molar-refractivity contribution < 1.29 is 18.0 Å². The van der Waals surface area contributed by atoms with Crippen LogP contribution in [0, 0.1) is 0 Å². The van der Waals surface area contributed by atoms with Crippen LogP contribution < -0.4 is 9.62 Å². The molecule has 43 heavy (non-hydrogen) atoms. The summed E-state index contributed by atoms with van der Waals surface area (Å²) in [5, 5.41) is 4.35. The molecule has 0 spiro atoms. The van der Waals surface area contributed by atoms with Crippen LogP contribution in [0.5, 0.6) is 0 Å². The van der Waals surface area contributed by atoms with Crippen molar-refractivity contribution in [1.82, 2.24) is 10.2 Å². The van der Waals surface area contributed by atoms with Gasteiger partial charge in [-0.3, -0.25) is 13.9 Å². The van der Waals surface area contributed by atoms with Gasteiger partial charge in [-0.15, -0.1) is 0 Å². The Hall–Kier alpha value is -2.49. The molecule has 3 aromatic carbocycles. The van der Waals surface area contributed by atoms with E-state index in [0.717, 1.165) is 16.1 Å². The summed E-state index contributed by atoms with van der Waals surface area (Å²) in [7, 11) is -3.75. The van der Waals surface area contributed by atoms with Crippen molar-refractivity contribution >= 4 is 73.9 Å². The average molecular weight is 688 g/mol. The van der Waals surface area contributed by atoms with Crippen molar-refractivity contribution in [3.8, 4) is 0 Å². The molecule has 0 saturated heterocycles. The predicted molar refractivity (Wildman–Crippen MR) is 177 cm³/mol. The van der Waals surface area contributed by atoms with Gasteiger partial charge in [0, 0.05) is 46.5 Å². The van der Waals surface area contributed by atoms with Gasteiger partial charge >= 0.3 is 0 Å². The number of carbonyl (C=O) groups excluding carboxylic acids is 2. The van der Waals surface area contributed by atoms with E-state index in [1.165, 1.54) is 17.0 Å². The number of halogens is 4. The molecule has 0 aliphatic carbocycles. The first kappa shape index (κ1) is 35.0. The molecule has 0 saturated carbocycles. The molecule has 2 amide bonds. The second-order valence-corrected chi connectivity index (χ2v) is 14.8. The van der Waals surface area contributed by atoms with Gasteiger partial charge in [-0.1, -0.05) is 82.8 Å². The molecular weight excluding hydrogens is 652 g/mol. The van der Waals surface area contributed by atoms with Crippen LogP contribution >= 0.6 is 46.4 Å². The summed E-state index contributed by atoms with van der Waals surface area (Å²) in [4.78, 5) is 29.2. The zero-order valence-corrected chi connectivity index (χ0v) is 28.3. The Morgan fingerprint density at radius 3 is 2.12 bits per heavy atom. The monoisotopic (exact) mass is 685 g/mol. The Bertz CT molecular complexity index is 1550. The summed E-state index contributed by atoms with van der Waals surface area (Å²) in [5.74, 6) is -0.667. The van der Waals surface area contributed by atoms with E-state index in [1.807, 2.05) is 51.1 Å². The van der Waals surface area contributed by atoms with Gasteiger partial charge in [0.2, 0.25) is 21.8 Å². The van der Waals surface area contributed by atoms with Crippen molar-refractivity contribution in [2.75, 3.05) is 17.1 Å². The zero-order chi connectivity index (χ0) is 31.9. The van der Waals surface area contributed by atoms with Gasteiger partial charge in [0.05, 0.1) is 17.0 Å². The van der Waals surface area contributed by atoms with Gasteiger partial charge in [-0.25, -0.2) is 8.42 Å². The highest BCUT2D eigenvalue weighted by molar-refractivity contribution is 7.92. The lowest BCUT2D eigenvalue weighted by molar-refractivity contribution is -0.142. The number of amides is 2. The SMILES string of the molecule is CC(C)(C)NC(=O)[C@@H](Cc1ccccc1)N(Cc1ccc(Cl)cc1Cl)C(=O)CCCN(c1cc(Cl)ccc1Cl)S(C)(=O)=O. The first-order valence-electron chi connectivity index (χ1n) is 13.6. The first-order valence-corrected chi connectivity index (χ1v) is 16.9. The van der Waals surface area contributed by atoms with E-state index in [9.17, 15) is 18.0 Å². The van der Waals surface area contributed by atoms with Crippen molar-refractivity contribution in [2.24, 2.45) is 0 Å². The Kier molecular flexibility index (Phi) is 12.2. The van der Waals surface area contributed by atoms with E-state index >= 15 is 0 Å². The molecule has 7 nitrogen and oxygen atoms in total. The van der Waals surface area contributed by atoms with Gasteiger partial charge in [-0.2, -0.15) is 0 Å². The molecule has 0 radical (unpaired) electrons. The molecule has 0 bridgehead atoms. The Labute approximate surface area is 274 Å². The van der Waals surface area contributed by atoms with Crippen LogP contribution in [0.25, 0.3) is 0 Å².